The number of aromatic nitrogens is 5. The number of hydrogen-bond acceptors (Lipinski definition) is 7. The highest BCUT2D eigenvalue weighted by molar-refractivity contribution is 5.94. The van der Waals surface area contributed by atoms with Crippen LogP contribution in [0.2, 0.25) is 0 Å². The second-order valence-corrected chi connectivity index (χ2v) is 8.31. The maximum absolute atomic E-state index is 14.1. The van der Waals surface area contributed by atoms with Gasteiger partial charge in [-0.05, 0) is 50.5 Å². The minimum absolute atomic E-state index is 0.0862. The predicted molar refractivity (Wildman–Crippen MR) is 126 cm³/mol. The van der Waals surface area contributed by atoms with Crippen molar-refractivity contribution in [2.24, 2.45) is 0 Å². The van der Waals surface area contributed by atoms with Crippen LogP contribution in [-0.2, 0) is 0 Å². The van der Waals surface area contributed by atoms with E-state index in [-0.39, 0.29) is 23.6 Å². The fraction of sp³-hybridized carbons (Fsp3) is 0.231. The van der Waals surface area contributed by atoms with Crippen LogP contribution >= 0.6 is 0 Å². The minimum Gasteiger partial charge on any atom is -0.436 e. The number of pyridine rings is 1. The lowest BCUT2D eigenvalue weighted by atomic mass is 10.00. The van der Waals surface area contributed by atoms with Crippen molar-refractivity contribution in [2.45, 2.75) is 32.2 Å². The molecule has 3 aromatic heterocycles. The van der Waals surface area contributed by atoms with Crippen molar-refractivity contribution in [1.29, 1.82) is 0 Å². The van der Waals surface area contributed by atoms with Crippen LogP contribution in [0.4, 0.5) is 4.39 Å². The molecular formula is C26H23FN6O2. The first-order valence-electron chi connectivity index (χ1n) is 11.4. The van der Waals surface area contributed by atoms with Gasteiger partial charge in [-0.25, -0.2) is 19.3 Å². The largest absolute Gasteiger partial charge is 0.436 e. The Morgan fingerprint density at radius 2 is 1.89 bits per heavy atom. The number of hydrogen-bond donors (Lipinski definition) is 0. The standard InChI is InChI=1S/C26H23FN6O2/c1-17-12-24(35-23-8-3-2-6-20(23)27)32-25(31-17)22-7-4-5-11-33(22)26(34)18-9-10-21(30-15-18)19-13-28-16-29-14-19/h2-3,6,8-10,12-16,22H,4-5,7,11H2,1H3. The van der Waals surface area contributed by atoms with Gasteiger partial charge >= 0.3 is 0 Å². The first-order chi connectivity index (χ1) is 17.1. The third kappa shape index (κ3) is 4.98. The van der Waals surface area contributed by atoms with Gasteiger partial charge in [0.15, 0.2) is 17.4 Å². The van der Waals surface area contributed by atoms with Crippen LogP contribution in [0.5, 0.6) is 11.6 Å². The summed E-state index contributed by atoms with van der Waals surface area (Å²) in [5.41, 5.74) is 2.62. The lowest BCUT2D eigenvalue weighted by molar-refractivity contribution is 0.0598. The Morgan fingerprint density at radius 3 is 2.66 bits per heavy atom. The number of rotatable bonds is 5. The lowest BCUT2D eigenvalue weighted by Crippen LogP contribution is -2.39. The number of amides is 1. The van der Waals surface area contributed by atoms with Gasteiger partial charge in [0.05, 0.1) is 17.3 Å². The quantitative estimate of drug-likeness (QED) is 0.408. The highest BCUT2D eigenvalue weighted by Gasteiger charge is 2.31. The van der Waals surface area contributed by atoms with Gasteiger partial charge in [0, 0.05) is 42.5 Å². The fourth-order valence-electron chi connectivity index (χ4n) is 4.13. The van der Waals surface area contributed by atoms with Crippen molar-refractivity contribution >= 4 is 5.91 Å². The third-order valence-electron chi connectivity index (χ3n) is 5.83. The Kier molecular flexibility index (Phi) is 6.38. The fourth-order valence-corrected chi connectivity index (χ4v) is 4.13. The molecule has 0 saturated carbocycles. The van der Waals surface area contributed by atoms with Gasteiger partial charge in [0.25, 0.3) is 5.91 Å². The van der Waals surface area contributed by atoms with E-state index in [1.165, 1.54) is 12.4 Å². The Balaban J connectivity index is 1.40. The average Bonchev–Trinajstić information content (AvgIpc) is 2.90. The minimum atomic E-state index is -0.474. The first kappa shape index (κ1) is 22.5. The molecule has 8 nitrogen and oxygen atoms in total. The zero-order chi connectivity index (χ0) is 24.2. The number of likely N-dealkylation sites (tertiary alicyclic amines) is 1. The molecule has 0 bridgehead atoms. The first-order valence-corrected chi connectivity index (χ1v) is 11.4. The monoisotopic (exact) mass is 470 g/mol. The maximum atomic E-state index is 14.1. The van der Waals surface area contributed by atoms with Crippen LogP contribution in [0, 0.1) is 12.7 Å². The number of carbonyl (C=O) groups excluding carboxylic acids is 1. The summed E-state index contributed by atoms with van der Waals surface area (Å²) < 4.78 is 19.8. The smallest absolute Gasteiger partial charge is 0.256 e. The molecular weight excluding hydrogens is 447 g/mol. The van der Waals surface area contributed by atoms with Crippen molar-refractivity contribution in [3.63, 3.8) is 0 Å². The molecule has 0 aliphatic carbocycles. The van der Waals surface area contributed by atoms with Crippen molar-refractivity contribution in [2.75, 3.05) is 6.54 Å². The molecule has 1 saturated heterocycles. The molecule has 1 unspecified atom stereocenters. The second-order valence-electron chi connectivity index (χ2n) is 8.31. The average molecular weight is 471 g/mol. The lowest BCUT2D eigenvalue weighted by Gasteiger charge is -2.35. The Labute approximate surface area is 201 Å². The third-order valence-corrected chi connectivity index (χ3v) is 5.83. The van der Waals surface area contributed by atoms with Gasteiger partial charge < -0.3 is 9.64 Å². The van der Waals surface area contributed by atoms with Gasteiger partial charge in [-0.15, -0.1) is 0 Å². The summed E-state index contributed by atoms with van der Waals surface area (Å²) in [6, 6.07) is 11.0. The molecule has 0 spiro atoms. The molecule has 4 aromatic rings. The van der Waals surface area contributed by atoms with Gasteiger partial charge in [0.2, 0.25) is 5.88 Å². The van der Waals surface area contributed by atoms with E-state index in [0.29, 0.717) is 29.3 Å². The van der Waals surface area contributed by atoms with E-state index in [9.17, 15) is 9.18 Å². The summed E-state index contributed by atoms with van der Waals surface area (Å²) in [5, 5.41) is 0. The van der Waals surface area contributed by atoms with E-state index in [1.807, 2.05) is 6.92 Å². The van der Waals surface area contributed by atoms with Crippen molar-refractivity contribution < 1.29 is 13.9 Å². The SMILES string of the molecule is Cc1cc(Oc2ccccc2F)nc(C2CCCCN2C(=O)c2ccc(-c3cncnc3)nc2)n1. The zero-order valence-corrected chi connectivity index (χ0v) is 19.1. The van der Waals surface area contributed by atoms with E-state index in [1.54, 1.807) is 59.9 Å². The summed E-state index contributed by atoms with van der Waals surface area (Å²) in [6.07, 6.45) is 8.93. The molecule has 1 atom stereocenters. The topological polar surface area (TPSA) is 94.0 Å². The van der Waals surface area contributed by atoms with Crippen molar-refractivity contribution in [3.8, 4) is 22.9 Å². The molecule has 4 heterocycles. The summed E-state index contributed by atoms with van der Waals surface area (Å²) >= 11 is 0. The molecule has 1 aliphatic heterocycles. The van der Waals surface area contributed by atoms with Crippen LogP contribution in [-0.4, -0.2) is 42.3 Å². The number of carbonyl (C=O) groups is 1. The molecule has 35 heavy (non-hydrogen) atoms. The van der Waals surface area contributed by atoms with Gasteiger partial charge in [-0.2, -0.15) is 4.98 Å². The normalized spacial score (nSPS) is 15.6. The number of benzene rings is 1. The number of piperidine rings is 1. The van der Waals surface area contributed by atoms with Crippen LogP contribution < -0.4 is 4.74 Å². The van der Waals surface area contributed by atoms with Crippen LogP contribution in [0.1, 0.15) is 47.2 Å². The van der Waals surface area contributed by atoms with Crippen LogP contribution in [0.25, 0.3) is 11.3 Å². The molecule has 1 fully saturated rings. The molecule has 0 N–H and O–H groups in total. The molecule has 176 valence electrons. The highest BCUT2D eigenvalue weighted by Crippen LogP contribution is 2.32. The Morgan fingerprint density at radius 1 is 1.06 bits per heavy atom. The zero-order valence-electron chi connectivity index (χ0n) is 19.1. The second kappa shape index (κ2) is 9.92. The van der Waals surface area contributed by atoms with Gasteiger partial charge in [0.1, 0.15) is 6.33 Å². The number of para-hydroxylation sites is 1. The molecule has 0 radical (unpaired) electrons. The molecule has 5 rings (SSSR count). The number of aryl methyl sites for hydroxylation is 1. The molecule has 1 amide bonds. The Bertz CT molecular complexity index is 1330. The van der Waals surface area contributed by atoms with E-state index in [0.717, 1.165) is 24.8 Å². The van der Waals surface area contributed by atoms with Crippen molar-refractivity contribution in [3.05, 3.63) is 90.3 Å². The summed E-state index contributed by atoms with van der Waals surface area (Å²) in [4.78, 5) is 36.8. The number of halogens is 1. The van der Waals surface area contributed by atoms with Gasteiger partial charge in [-0.3, -0.25) is 9.78 Å². The molecule has 1 aliphatic rings. The molecule has 1 aromatic carbocycles. The van der Waals surface area contributed by atoms with Crippen LogP contribution in [0.3, 0.4) is 0 Å². The summed E-state index contributed by atoms with van der Waals surface area (Å²) in [5.74, 6) is 0.197. The summed E-state index contributed by atoms with van der Waals surface area (Å²) in [7, 11) is 0. The van der Waals surface area contributed by atoms with E-state index in [4.69, 9.17) is 4.74 Å². The number of nitrogens with zero attached hydrogens (tertiary/aromatic N) is 6. The maximum Gasteiger partial charge on any atom is 0.256 e. The predicted octanol–water partition coefficient (Wildman–Crippen LogP) is 4.94. The van der Waals surface area contributed by atoms with E-state index < -0.39 is 5.82 Å². The Hall–Kier alpha value is -4.27. The number of ether oxygens (including phenoxy) is 1. The van der Waals surface area contributed by atoms with Gasteiger partial charge in [-0.1, -0.05) is 12.1 Å². The van der Waals surface area contributed by atoms with E-state index >= 15 is 0 Å². The van der Waals surface area contributed by atoms with Crippen molar-refractivity contribution in [1.82, 2.24) is 29.8 Å². The van der Waals surface area contributed by atoms with Crippen LogP contribution in [0.15, 0.2) is 67.4 Å². The van der Waals surface area contributed by atoms with E-state index in [2.05, 4.69) is 24.9 Å². The summed E-state index contributed by atoms with van der Waals surface area (Å²) in [6.45, 7) is 2.41. The molecule has 9 heteroatoms. The highest BCUT2D eigenvalue weighted by atomic mass is 19.1.